The van der Waals surface area contributed by atoms with E-state index in [1.165, 1.54) is 44.2 Å². The van der Waals surface area contributed by atoms with Crippen molar-refractivity contribution in [1.82, 2.24) is 16.3 Å². The predicted octanol–water partition coefficient (Wildman–Crippen LogP) is 5.41. The highest BCUT2D eigenvalue weighted by atomic mass is 19.4. The Morgan fingerprint density at radius 1 is 0.651 bits per heavy atom. The first-order valence-corrected chi connectivity index (χ1v) is 17.4. The number of amides is 3. The van der Waals surface area contributed by atoms with Crippen LogP contribution in [0.5, 0.6) is 0 Å². The van der Waals surface area contributed by atoms with Crippen LogP contribution in [0, 0.1) is 35.8 Å². The summed E-state index contributed by atoms with van der Waals surface area (Å²) in [5.74, 6) is 1.53. The minimum atomic E-state index is -4.78. The molecule has 17 nitrogen and oxygen atoms in total. The number of carbonyl (C=O) groups excluding carboxylic acids is 3. The maximum atomic E-state index is 13.1. The van der Waals surface area contributed by atoms with Crippen LogP contribution < -0.4 is 32.8 Å². The molecular weight excluding hydrogens is 846 g/mol. The van der Waals surface area contributed by atoms with Gasteiger partial charge >= 0.3 is 18.3 Å². The van der Waals surface area contributed by atoms with Gasteiger partial charge in [-0.15, -0.1) is 0 Å². The number of hydrazine groups is 2. The molecule has 0 aliphatic carbocycles. The molecule has 0 saturated carbocycles. The fourth-order valence-electron chi connectivity index (χ4n) is 4.80. The summed E-state index contributed by atoms with van der Waals surface area (Å²) in [7, 11) is 0. The van der Waals surface area contributed by atoms with Gasteiger partial charge < -0.3 is 26.0 Å². The number of aliphatic hydroxyl groups is 2. The SMILES string of the molecule is N#Cc1ccc(C(=O)NN)cc1.[C-]#[N+]c1ccc(N[C@@H](C(=O)NNC(=O)c2ccc(C#N)cc2)[C@@H](C)O)cc1C(F)(F)F.[C-]#[N+]c1ccc(N[C@@H](C(=O)O)[C@@H](C)O)cc1C(F)(F)F. The van der Waals surface area contributed by atoms with Gasteiger partial charge in [0.15, 0.2) is 17.4 Å². The maximum absolute atomic E-state index is 13.1. The molecular formula is C40H34F6N10O7. The van der Waals surface area contributed by atoms with E-state index >= 15 is 0 Å². The van der Waals surface area contributed by atoms with Gasteiger partial charge in [-0.25, -0.2) is 20.3 Å². The number of hydrogen-bond acceptors (Lipinski definition) is 11. The molecule has 0 aromatic heterocycles. The lowest BCUT2D eigenvalue weighted by Gasteiger charge is -2.23. The molecule has 63 heavy (non-hydrogen) atoms. The molecule has 0 fully saturated rings. The van der Waals surface area contributed by atoms with E-state index in [2.05, 4.69) is 31.2 Å². The standard InChI is InChI=1S/C20H16F3N5O3.C12H11F3N2O3.C8H7N3O/c1-11(29)17(26-14-7-8-16(25-2)15(9-14)20(21,22)23)19(31)28-27-18(30)13-5-3-12(10-24)4-6-13;1-6(18)10(11(19)20)17-7-3-4-9(16-2)8(5-7)12(13,14)15;9-5-6-1-3-7(4-2-6)8(12)11-10/h3-9,11,17,26,29H,1H3,(H,27,30)(H,28,31);3-6,10,17-18H,1H3,(H,19,20);1-4H,10H2,(H,11,12)/t11-,17-;6-,10-;/m11./s1. The van der Waals surface area contributed by atoms with Gasteiger partial charge in [-0.2, -0.15) is 36.9 Å². The van der Waals surface area contributed by atoms with E-state index in [-0.39, 0.29) is 22.8 Å². The summed E-state index contributed by atoms with van der Waals surface area (Å²) in [4.78, 5) is 51.8. The topological polar surface area (TPSA) is 271 Å². The summed E-state index contributed by atoms with van der Waals surface area (Å²) < 4.78 is 77.6. The molecule has 0 aliphatic heterocycles. The van der Waals surface area contributed by atoms with Crippen LogP contribution >= 0.6 is 0 Å². The van der Waals surface area contributed by atoms with Crippen LogP contribution in [0.4, 0.5) is 49.1 Å². The van der Waals surface area contributed by atoms with E-state index < -0.39 is 76.9 Å². The first kappa shape index (κ1) is 50.9. The summed E-state index contributed by atoms with van der Waals surface area (Å²) >= 11 is 0. The molecule has 4 aromatic rings. The number of nitrogens with zero attached hydrogens (tertiary/aromatic N) is 4. The van der Waals surface area contributed by atoms with Gasteiger partial charge in [0.1, 0.15) is 6.04 Å². The van der Waals surface area contributed by atoms with E-state index in [4.69, 9.17) is 34.6 Å². The predicted molar refractivity (Wildman–Crippen MR) is 211 cm³/mol. The van der Waals surface area contributed by atoms with E-state index in [9.17, 15) is 55.7 Å². The average molecular weight is 881 g/mol. The van der Waals surface area contributed by atoms with Gasteiger partial charge in [-0.05, 0) is 86.6 Å². The second-order valence-corrected chi connectivity index (χ2v) is 12.5. The third-order valence-electron chi connectivity index (χ3n) is 7.99. The van der Waals surface area contributed by atoms with Gasteiger partial charge in [0.2, 0.25) is 0 Å². The molecule has 3 amide bonds. The number of hydrogen-bond donors (Lipinski definition) is 9. The molecule has 0 bridgehead atoms. The lowest BCUT2D eigenvalue weighted by Crippen LogP contribution is -2.52. The Balaban J connectivity index is 0.000000363. The number of aliphatic hydroxyl groups excluding tert-OH is 2. The number of rotatable bonds is 10. The number of nitrogens with one attached hydrogen (secondary N) is 5. The molecule has 0 radical (unpaired) electrons. The first-order valence-electron chi connectivity index (χ1n) is 17.4. The minimum Gasteiger partial charge on any atom is -0.480 e. The summed E-state index contributed by atoms with van der Waals surface area (Å²) in [5, 5.41) is 49.9. The maximum Gasteiger partial charge on any atom is 0.407 e. The number of carboxylic acid groups (broad SMARTS) is 1. The number of nitrogens with two attached hydrogens (primary N) is 1. The normalized spacial score (nSPS) is 12.4. The third kappa shape index (κ3) is 15.4. The number of carboxylic acids is 1. The molecule has 4 atom stereocenters. The fourth-order valence-corrected chi connectivity index (χ4v) is 4.80. The molecule has 0 spiro atoms. The Morgan fingerprint density at radius 2 is 1.03 bits per heavy atom. The van der Waals surface area contributed by atoms with Crippen molar-refractivity contribution < 1.29 is 60.8 Å². The van der Waals surface area contributed by atoms with Crippen LogP contribution in [0.15, 0.2) is 84.9 Å². The molecule has 23 heteroatoms. The number of alkyl halides is 6. The second kappa shape index (κ2) is 23.0. The summed E-state index contributed by atoms with van der Waals surface area (Å²) in [6.45, 7) is 16.0. The van der Waals surface area contributed by atoms with E-state index in [0.29, 0.717) is 28.8 Å². The molecule has 0 saturated heterocycles. The Morgan fingerprint density at radius 3 is 1.35 bits per heavy atom. The number of benzene rings is 4. The first-order chi connectivity index (χ1) is 29.5. The Kier molecular flexibility index (Phi) is 18.6. The van der Waals surface area contributed by atoms with E-state index in [0.717, 1.165) is 18.2 Å². The molecule has 328 valence electrons. The Hall–Kier alpha value is -8.22. The molecule has 0 aliphatic rings. The van der Waals surface area contributed by atoms with Crippen LogP contribution in [0.25, 0.3) is 9.69 Å². The molecule has 0 heterocycles. The zero-order valence-corrected chi connectivity index (χ0v) is 32.5. The highest BCUT2D eigenvalue weighted by molar-refractivity contribution is 5.96. The van der Waals surface area contributed by atoms with Crippen molar-refractivity contribution in [2.75, 3.05) is 10.6 Å². The van der Waals surface area contributed by atoms with Crippen molar-refractivity contribution >= 4 is 46.4 Å². The van der Waals surface area contributed by atoms with Crippen LogP contribution in [0.3, 0.4) is 0 Å². The smallest absolute Gasteiger partial charge is 0.407 e. The van der Waals surface area contributed by atoms with Crippen molar-refractivity contribution in [3.8, 4) is 12.1 Å². The highest BCUT2D eigenvalue weighted by Crippen LogP contribution is 2.39. The summed E-state index contributed by atoms with van der Waals surface area (Å²) in [5.41, 5.74) is 3.81. The number of halogens is 6. The zero-order chi connectivity index (χ0) is 47.7. The summed E-state index contributed by atoms with van der Waals surface area (Å²) in [6, 6.07) is 18.2. The van der Waals surface area contributed by atoms with Crippen LogP contribution in [0.1, 0.15) is 56.8 Å². The number of aliphatic carboxylic acids is 1. The molecule has 4 aromatic carbocycles. The fraction of sp³-hybridized carbons (Fsp3) is 0.200. The minimum absolute atomic E-state index is 0.141. The Labute approximate surface area is 353 Å². The van der Waals surface area contributed by atoms with Crippen molar-refractivity contribution in [1.29, 1.82) is 10.5 Å². The van der Waals surface area contributed by atoms with Gasteiger partial charge in [0, 0.05) is 22.5 Å². The highest BCUT2D eigenvalue weighted by Gasteiger charge is 2.35. The number of carbonyl (C=O) groups is 4. The monoisotopic (exact) mass is 880 g/mol. The lowest BCUT2D eigenvalue weighted by atomic mass is 10.1. The van der Waals surface area contributed by atoms with Gasteiger partial charge in [0.05, 0.1) is 59.7 Å². The van der Waals surface area contributed by atoms with Crippen molar-refractivity contribution in [3.63, 3.8) is 0 Å². The third-order valence-corrected chi connectivity index (χ3v) is 7.99. The van der Waals surface area contributed by atoms with Crippen LogP contribution in [-0.2, 0) is 21.9 Å². The van der Waals surface area contributed by atoms with Crippen molar-refractivity contribution in [2.45, 2.75) is 50.5 Å². The van der Waals surface area contributed by atoms with Gasteiger partial charge in [0.25, 0.3) is 17.7 Å². The van der Waals surface area contributed by atoms with Crippen molar-refractivity contribution in [3.05, 3.63) is 141 Å². The van der Waals surface area contributed by atoms with E-state index in [1.807, 2.05) is 17.6 Å². The zero-order valence-electron chi connectivity index (χ0n) is 32.5. The molecule has 0 unspecified atom stereocenters. The Bertz CT molecular complexity index is 2430. The van der Waals surface area contributed by atoms with Gasteiger partial charge in [-0.3, -0.25) is 30.7 Å². The lowest BCUT2D eigenvalue weighted by molar-refractivity contribution is -0.140. The largest absolute Gasteiger partial charge is 0.480 e. The number of nitrogen functional groups attached to an aromatic ring is 1. The second-order valence-electron chi connectivity index (χ2n) is 12.5. The summed E-state index contributed by atoms with van der Waals surface area (Å²) in [6.07, 6.45) is -12.2. The van der Waals surface area contributed by atoms with Crippen molar-refractivity contribution in [2.24, 2.45) is 5.84 Å². The van der Waals surface area contributed by atoms with E-state index in [1.54, 1.807) is 24.3 Å². The average Bonchev–Trinajstić information content (AvgIpc) is 3.25. The molecule has 4 rings (SSSR count). The quantitative estimate of drug-likeness (QED) is 0.0318. The van der Waals surface area contributed by atoms with Crippen LogP contribution in [0.2, 0.25) is 0 Å². The number of anilines is 2. The van der Waals surface area contributed by atoms with Crippen LogP contribution in [-0.4, -0.2) is 63.3 Å². The van der Waals surface area contributed by atoms with Gasteiger partial charge in [-0.1, -0.05) is 12.1 Å². The molecule has 10 N–H and O–H groups in total. The number of nitriles is 2.